The second-order valence-corrected chi connectivity index (χ2v) is 8.57. The van der Waals surface area contributed by atoms with E-state index in [2.05, 4.69) is 57.0 Å². The van der Waals surface area contributed by atoms with Crippen molar-refractivity contribution in [2.24, 2.45) is 0 Å². The molecule has 1 aliphatic rings. The van der Waals surface area contributed by atoms with Gasteiger partial charge in [-0.1, -0.05) is 59.2 Å². The largest absolute Gasteiger partial charge is 0.335 e. The Balaban J connectivity index is 1.78. The number of likely N-dealkylation sites (tertiary alicyclic amines) is 1. The fourth-order valence-corrected chi connectivity index (χ4v) is 4.36. The first-order valence-corrected chi connectivity index (χ1v) is 10.7. The normalized spacial score (nSPS) is 17.5. The molecule has 1 heterocycles. The summed E-state index contributed by atoms with van der Waals surface area (Å²) >= 11 is 0. The Morgan fingerprint density at radius 3 is 2.45 bits per heavy atom. The minimum absolute atomic E-state index is 0.137. The number of benzene rings is 2. The molecule has 1 aliphatic heterocycles. The maximum atomic E-state index is 13.4. The van der Waals surface area contributed by atoms with Crippen molar-refractivity contribution in [2.75, 3.05) is 26.7 Å². The van der Waals surface area contributed by atoms with Gasteiger partial charge in [0.25, 0.3) is 5.91 Å². The van der Waals surface area contributed by atoms with Crippen LogP contribution >= 0.6 is 0 Å². The highest BCUT2D eigenvalue weighted by Crippen LogP contribution is 2.20. The second kappa shape index (κ2) is 9.89. The van der Waals surface area contributed by atoms with Crippen LogP contribution in [0.15, 0.2) is 54.1 Å². The molecule has 0 aromatic heterocycles. The zero-order valence-electron chi connectivity index (χ0n) is 18.3. The van der Waals surface area contributed by atoms with E-state index in [1.54, 1.807) is 0 Å². The molecular formula is C26H34N2O. The molecule has 1 atom stereocenters. The predicted molar refractivity (Wildman–Crippen MR) is 122 cm³/mol. The van der Waals surface area contributed by atoms with Crippen LogP contribution in [0.2, 0.25) is 0 Å². The minimum Gasteiger partial charge on any atom is -0.335 e. The average Bonchev–Trinajstić information content (AvgIpc) is 3.09. The van der Waals surface area contributed by atoms with E-state index in [0.29, 0.717) is 12.6 Å². The van der Waals surface area contributed by atoms with Gasteiger partial charge in [-0.2, -0.15) is 0 Å². The lowest BCUT2D eigenvalue weighted by atomic mass is 10.0. The standard InChI is InChI=1S/C26H34N2O/c1-20-15-21(2)18-24(17-20)26(29)28(14-12-25-11-8-13-27(25)4)19-22(3)16-23-9-6-5-7-10-23/h5-7,9-10,15-18,25H,8,11-14,19H2,1-4H3. The summed E-state index contributed by atoms with van der Waals surface area (Å²) in [5, 5.41) is 0. The highest BCUT2D eigenvalue weighted by Gasteiger charge is 2.23. The summed E-state index contributed by atoms with van der Waals surface area (Å²) in [7, 11) is 2.20. The molecule has 0 radical (unpaired) electrons. The van der Waals surface area contributed by atoms with Gasteiger partial charge in [0.1, 0.15) is 0 Å². The molecule has 29 heavy (non-hydrogen) atoms. The van der Waals surface area contributed by atoms with Crippen LogP contribution in [0.3, 0.4) is 0 Å². The van der Waals surface area contributed by atoms with Gasteiger partial charge in [-0.05, 0) is 71.3 Å². The first-order valence-electron chi connectivity index (χ1n) is 10.7. The van der Waals surface area contributed by atoms with Crippen LogP contribution in [-0.4, -0.2) is 48.4 Å². The molecule has 0 spiro atoms. The molecule has 2 aromatic rings. The number of hydrogen-bond acceptors (Lipinski definition) is 2. The van der Waals surface area contributed by atoms with Gasteiger partial charge in [0.15, 0.2) is 0 Å². The van der Waals surface area contributed by atoms with Crippen molar-refractivity contribution in [1.29, 1.82) is 0 Å². The van der Waals surface area contributed by atoms with Gasteiger partial charge in [-0.3, -0.25) is 4.79 Å². The molecule has 0 saturated carbocycles. The zero-order chi connectivity index (χ0) is 20.8. The third kappa shape index (κ3) is 6.04. The summed E-state index contributed by atoms with van der Waals surface area (Å²) in [5.41, 5.74) is 5.46. The van der Waals surface area contributed by atoms with Crippen molar-refractivity contribution in [1.82, 2.24) is 9.80 Å². The summed E-state index contributed by atoms with van der Waals surface area (Å²) in [6.45, 7) is 8.86. The van der Waals surface area contributed by atoms with Crippen molar-refractivity contribution in [3.8, 4) is 0 Å². The first kappa shape index (κ1) is 21.3. The molecule has 2 aromatic carbocycles. The van der Waals surface area contributed by atoms with Gasteiger partial charge in [-0.15, -0.1) is 0 Å². The van der Waals surface area contributed by atoms with Crippen molar-refractivity contribution >= 4 is 12.0 Å². The molecular weight excluding hydrogens is 356 g/mol. The molecule has 154 valence electrons. The maximum absolute atomic E-state index is 13.4. The SMILES string of the molecule is CC(=Cc1ccccc1)CN(CCC1CCCN1C)C(=O)c1cc(C)cc(C)c1. The van der Waals surface area contributed by atoms with Crippen LogP contribution in [0, 0.1) is 13.8 Å². The maximum Gasteiger partial charge on any atom is 0.254 e. The number of nitrogens with zero attached hydrogens (tertiary/aromatic N) is 2. The van der Waals surface area contributed by atoms with Gasteiger partial charge >= 0.3 is 0 Å². The summed E-state index contributed by atoms with van der Waals surface area (Å²) < 4.78 is 0. The summed E-state index contributed by atoms with van der Waals surface area (Å²) in [6.07, 6.45) is 5.72. The van der Waals surface area contributed by atoms with Crippen molar-refractivity contribution < 1.29 is 4.79 Å². The summed E-state index contributed by atoms with van der Waals surface area (Å²) in [5.74, 6) is 0.137. The lowest BCUT2D eigenvalue weighted by Crippen LogP contribution is -2.37. The summed E-state index contributed by atoms with van der Waals surface area (Å²) in [6, 6.07) is 17.1. The van der Waals surface area contributed by atoms with Crippen LogP contribution in [0.1, 0.15) is 53.2 Å². The fourth-order valence-electron chi connectivity index (χ4n) is 4.36. The number of carbonyl (C=O) groups is 1. The predicted octanol–water partition coefficient (Wildman–Crippen LogP) is 5.33. The lowest BCUT2D eigenvalue weighted by Gasteiger charge is -2.27. The van der Waals surface area contributed by atoms with E-state index in [9.17, 15) is 4.79 Å². The van der Waals surface area contributed by atoms with Crippen LogP contribution in [0.25, 0.3) is 6.08 Å². The Morgan fingerprint density at radius 1 is 1.14 bits per heavy atom. The van der Waals surface area contributed by atoms with E-state index in [-0.39, 0.29) is 5.91 Å². The Kier molecular flexibility index (Phi) is 7.27. The first-order chi connectivity index (χ1) is 13.9. The second-order valence-electron chi connectivity index (χ2n) is 8.57. The van der Waals surface area contributed by atoms with E-state index in [0.717, 1.165) is 29.7 Å². The number of aryl methyl sites for hydroxylation is 2. The van der Waals surface area contributed by atoms with E-state index >= 15 is 0 Å². The summed E-state index contributed by atoms with van der Waals surface area (Å²) in [4.78, 5) is 17.9. The minimum atomic E-state index is 0.137. The molecule has 0 aliphatic carbocycles. The van der Waals surface area contributed by atoms with Crippen LogP contribution in [0.4, 0.5) is 0 Å². The molecule has 1 saturated heterocycles. The topological polar surface area (TPSA) is 23.6 Å². The molecule has 3 nitrogen and oxygen atoms in total. The quantitative estimate of drug-likeness (QED) is 0.638. The van der Waals surface area contributed by atoms with Crippen LogP contribution in [-0.2, 0) is 0 Å². The average molecular weight is 391 g/mol. The Morgan fingerprint density at radius 2 is 1.83 bits per heavy atom. The molecule has 3 rings (SSSR count). The molecule has 0 N–H and O–H groups in total. The van der Waals surface area contributed by atoms with E-state index < -0.39 is 0 Å². The lowest BCUT2D eigenvalue weighted by molar-refractivity contribution is 0.0757. The Labute approximate surface area is 176 Å². The van der Waals surface area contributed by atoms with Gasteiger partial charge < -0.3 is 9.80 Å². The fraction of sp³-hybridized carbons (Fsp3) is 0.423. The number of hydrogen-bond donors (Lipinski definition) is 0. The number of rotatable bonds is 7. The third-order valence-corrected chi connectivity index (χ3v) is 5.81. The van der Waals surface area contributed by atoms with E-state index in [4.69, 9.17) is 0 Å². The highest BCUT2D eigenvalue weighted by molar-refractivity contribution is 5.94. The van der Waals surface area contributed by atoms with Crippen molar-refractivity contribution in [3.05, 3.63) is 76.4 Å². The van der Waals surface area contributed by atoms with Gasteiger partial charge in [0.05, 0.1) is 0 Å². The molecule has 1 fully saturated rings. The van der Waals surface area contributed by atoms with Gasteiger partial charge in [0, 0.05) is 24.7 Å². The van der Waals surface area contributed by atoms with Gasteiger partial charge in [0.2, 0.25) is 0 Å². The van der Waals surface area contributed by atoms with E-state index in [1.807, 2.05) is 35.2 Å². The van der Waals surface area contributed by atoms with Crippen molar-refractivity contribution in [3.63, 3.8) is 0 Å². The monoisotopic (exact) mass is 390 g/mol. The van der Waals surface area contributed by atoms with Crippen LogP contribution in [0.5, 0.6) is 0 Å². The molecule has 1 amide bonds. The number of carbonyl (C=O) groups excluding carboxylic acids is 1. The van der Waals surface area contributed by atoms with Crippen LogP contribution < -0.4 is 0 Å². The third-order valence-electron chi connectivity index (χ3n) is 5.81. The Hall–Kier alpha value is -2.39. The Bertz CT molecular complexity index is 836. The van der Waals surface area contributed by atoms with Gasteiger partial charge in [-0.25, -0.2) is 0 Å². The van der Waals surface area contributed by atoms with E-state index in [1.165, 1.54) is 30.5 Å². The smallest absolute Gasteiger partial charge is 0.254 e. The molecule has 0 bridgehead atoms. The molecule has 3 heteroatoms. The number of amides is 1. The van der Waals surface area contributed by atoms with Crippen molar-refractivity contribution in [2.45, 2.75) is 46.1 Å². The molecule has 1 unspecified atom stereocenters. The highest BCUT2D eigenvalue weighted by atomic mass is 16.2. The zero-order valence-corrected chi connectivity index (χ0v) is 18.3.